The molecular formula is C19H17N3O. The second-order valence-corrected chi connectivity index (χ2v) is 5.99. The van der Waals surface area contributed by atoms with Gasteiger partial charge in [0.15, 0.2) is 0 Å². The highest BCUT2D eigenvalue weighted by molar-refractivity contribution is 6.17. The molecule has 0 saturated heterocycles. The van der Waals surface area contributed by atoms with Gasteiger partial charge in [-0.05, 0) is 54.6 Å². The van der Waals surface area contributed by atoms with Gasteiger partial charge in [-0.1, -0.05) is 0 Å². The van der Waals surface area contributed by atoms with Crippen LogP contribution in [0.5, 0.6) is 0 Å². The Labute approximate surface area is 133 Å². The molecule has 0 atom stereocenters. The van der Waals surface area contributed by atoms with E-state index in [2.05, 4.69) is 35.2 Å². The smallest absolute Gasteiger partial charge is 0.221 e. The number of hydrogen-bond donors (Lipinski definition) is 2. The first kappa shape index (κ1) is 13.8. The van der Waals surface area contributed by atoms with Crippen molar-refractivity contribution in [1.82, 2.24) is 9.97 Å². The molecule has 23 heavy (non-hydrogen) atoms. The third-order valence-corrected chi connectivity index (χ3v) is 4.50. The minimum atomic E-state index is -0.0632. The third kappa shape index (κ3) is 1.99. The Morgan fingerprint density at radius 2 is 1.91 bits per heavy atom. The van der Waals surface area contributed by atoms with E-state index < -0.39 is 0 Å². The molecule has 4 nitrogen and oxygen atoms in total. The molecule has 0 aliphatic heterocycles. The molecule has 2 aromatic carbocycles. The second kappa shape index (κ2) is 4.81. The summed E-state index contributed by atoms with van der Waals surface area (Å²) in [5.74, 6) is -0.0632. The molecule has 0 radical (unpaired) electrons. The summed E-state index contributed by atoms with van der Waals surface area (Å²) in [6.45, 7) is 5.78. The van der Waals surface area contributed by atoms with Gasteiger partial charge in [0.2, 0.25) is 5.91 Å². The van der Waals surface area contributed by atoms with Crippen molar-refractivity contribution < 1.29 is 4.79 Å². The molecule has 0 spiro atoms. The minimum absolute atomic E-state index is 0.0632. The van der Waals surface area contributed by atoms with Crippen LogP contribution in [0.1, 0.15) is 18.1 Å². The number of aryl methyl sites for hydroxylation is 2. The van der Waals surface area contributed by atoms with E-state index in [1.165, 1.54) is 34.2 Å². The number of anilines is 1. The maximum atomic E-state index is 11.3. The van der Waals surface area contributed by atoms with Crippen LogP contribution in [0, 0.1) is 13.8 Å². The molecule has 4 aromatic rings. The number of rotatable bonds is 1. The van der Waals surface area contributed by atoms with Crippen molar-refractivity contribution in [2.45, 2.75) is 20.8 Å². The predicted molar refractivity (Wildman–Crippen MR) is 94.9 cm³/mol. The summed E-state index contributed by atoms with van der Waals surface area (Å²) < 4.78 is 0. The van der Waals surface area contributed by atoms with Crippen LogP contribution < -0.4 is 5.32 Å². The summed E-state index contributed by atoms with van der Waals surface area (Å²) in [5.41, 5.74) is 5.47. The lowest BCUT2D eigenvalue weighted by atomic mass is 9.97. The van der Waals surface area contributed by atoms with E-state index in [0.717, 1.165) is 22.1 Å². The normalized spacial score (nSPS) is 11.4. The number of carbonyl (C=O) groups excluding carboxylic acids is 1. The predicted octanol–water partition coefficient (Wildman–Crippen LogP) is 4.44. The Balaban J connectivity index is 2.15. The number of pyridine rings is 1. The van der Waals surface area contributed by atoms with Crippen LogP contribution in [0.2, 0.25) is 0 Å². The summed E-state index contributed by atoms with van der Waals surface area (Å²) in [7, 11) is 0. The number of amides is 1. The third-order valence-electron chi connectivity index (χ3n) is 4.50. The van der Waals surface area contributed by atoms with Gasteiger partial charge in [0.05, 0.1) is 5.52 Å². The van der Waals surface area contributed by atoms with Crippen LogP contribution in [-0.4, -0.2) is 15.9 Å². The molecule has 2 heterocycles. The average molecular weight is 303 g/mol. The molecule has 0 saturated carbocycles. The monoisotopic (exact) mass is 303 g/mol. The molecule has 0 unspecified atom stereocenters. The zero-order chi connectivity index (χ0) is 16.1. The molecule has 0 bridgehead atoms. The van der Waals surface area contributed by atoms with E-state index in [-0.39, 0.29) is 5.91 Å². The minimum Gasteiger partial charge on any atom is -0.354 e. The fourth-order valence-electron chi connectivity index (χ4n) is 3.43. The number of nitrogens with one attached hydrogen (secondary N) is 2. The molecular weight excluding hydrogens is 286 g/mol. The quantitative estimate of drug-likeness (QED) is 0.546. The van der Waals surface area contributed by atoms with E-state index in [1.54, 1.807) is 0 Å². The summed E-state index contributed by atoms with van der Waals surface area (Å²) in [6.07, 6.45) is 3.76. The first-order chi connectivity index (χ1) is 11.1. The molecule has 4 rings (SSSR count). The van der Waals surface area contributed by atoms with Crippen molar-refractivity contribution in [3.8, 4) is 0 Å². The van der Waals surface area contributed by atoms with Crippen molar-refractivity contribution in [3.05, 3.63) is 47.8 Å². The number of aromatic amines is 1. The number of carbonyl (C=O) groups is 1. The fourth-order valence-corrected chi connectivity index (χ4v) is 3.43. The highest BCUT2D eigenvalue weighted by Gasteiger charge is 2.14. The van der Waals surface area contributed by atoms with E-state index in [4.69, 9.17) is 0 Å². The molecule has 1 amide bonds. The Morgan fingerprint density at radius 1 is 1.09 bits per heavy atom. The Morgan fingerprint density at radius 3 is 2.70 bits per heavy atom. The molecule has 0 fully saturated rings. The van der Waals surface area contributed by atoms with Gasteiger partial charge in [-0.15, -0.1) is 0 Å². The first-order valence-corrected chi connectivity index (χ1v) is 7.62. The van der Waals surface area contributed by atoms with Crippen LogP contribution in [0.25, 0.3) is 32.6 Å². The summed E-state index contributed by atoms with van der Waals surface area (Å²) in [6, 6.07) is 8.03. The van der Waals surface area contributed by atoms with Gasteiger partial charge >= 0.3 is 0 Å². The zero-order valence-electron chi connectivity index (χ0n) is 13.3. The number of nitrogens with zero attached hydrogens (tertiary/aromatic N) is 1. The Hall–Kier alpha value is -2.88. The van der Waals surface area contributed by atoms with Crippen molar-refractivity contribution >= 4 is 44.2 Å². The maximum Gasteiger partial charge on any atom is 0.221 e. The van der Waals surface area contributed by atoms with E-state index >= 15 is 0 Å². The fraction of sp³-hybridized carbons (Fsp3) is 0.158. The van der Waals surface area contributed by atoms with Gasteiger partial charge < -0.3 is 10.3 Å². The lowest BCUT2D eigenvalue weighted by molar-refractivity contribution is -0.114. The van der Waals surface area contributed by atoms with Gasteiger partial charge in [-0.3, -0.25) is 9.78 Å². The second-order valence-electron chi connectivity index (χ2n) is 5.99. The molecule has 0 aliphatic rings. The number of fused-ring (bicyclic) bond motifs is 4. The lowest BCUT2D eigenvalue weighted by Crippen LogP contribution is -2.05. The molecule has 0 aliphatic carbocycles. The molecule has 4 heteroatoms. The number of hydrogen-bond acceptors (Lipinski definition) is 2. The Bertz CT molecular complexity index is 1090. The standard InChI is InChI=1S/C19H17N3O/c1-10-16-9-20-7-6-14(16)11(2)19-18(10)15-8-13(21-12(3)23)4-5-17(15)22-19/h4-9,22H,1-3H3,(H,21,23). The van der Waals surface area contributed by atoms with Gasteiger partial charge in [0, 0.05) is 46.7 Å². The van der Waals surface area contributed by atoms with Crippen molar-refractivity contribution in [2.24, 2.45) is 0 Å². The van der Waals surface area contributed by atoms with Crippen LogP contribution in [0.4, 0.5) is 5.69 Å². The van der Waals surface area contributed by atoms with Gasteiger partial charge in [-0.25, -0.2) is 0 Å². The molecule has 114 valence electrons. The van der Waals surface area contributed by atoms with Crippen molar-refractivity contribution in [1.29, 1.82) is 0 Å². The summed E-state index contributed by atoms with van der Waals surface area (Å²) >= 11 is 0. The highest BCUT2D eigenvalue weighted by Crippen LogP contribution is 2.36. The maximum absolute atomic E-state index is 11.3. The SMILES string of the molecule is CC(=O)Nc1ccc2[nH]c3c(C)c4ccncc4c(C)c3c2c1. The van der Waals surface area contributed by atoms with E-state index in [9.17, 15) is 4.79 Å². The number of aromatic nitrogens is 2. The van der Waals surface area contributed by atoms with Crippen LogP contribution >= 0.6 is 0 Å². The molecule has 2 N–H and O–H groups in total. The number of benzene rings is 2. The van der Waals surface area contributed by atoms with Crippen LogP contribution in [-0.2, 0) is 4.79 Å². The first-order valence-electron chi connectivity index (χ1n) is 7.62. The van der Waals surface area contributed by atoms with Crippen LogP contribution in [0.15, 0.2) is 36.7 Å². The zero-order valence-corrected chi connectivity index (χ0v) is 13.3. The number of H-pyrrole nitrogens is 1. The topological polar surface area (TPSA) is 57.8 Å². The van der Waals surface area contributed by atoms with Gasteiger partial charge in [0.1, 0.15) is 0 Å². The van der Waals surface area contributed by atoms with Crippen molar-refractivity contribution in [3.63, 3.8) is 0 Å². The largest absolute Gasteiger partial charge is 0.354 e. The van der Waals surface area contributed by atoms with Gasteiger partial charge in [-0.2, -0.15) is 0 Å². The highest BCUT2D eigenvalue weighted by atomic mass is 16.1. The Kier molecular flexibility index (Phi) is 2.88. The van der Waals surface area contributed by atoms with E-state index in [1.807, 2.05) is 30.6 Å². The van der Waals surface area contributed by atoms with Crippen molar-refractivity contribution in [2.75, 3.05) is 5.32 Å². The molecule has 2 aromatic heterocycles. The lowest BCUT2D eigenvalue weighted by Gasteiger charge is -2.08. The van der Waals surface area contributed by atoms with Crippen LogP contribution in [0.3, 0.4) is 0 Å². The average Bonchev–Trinajstić information content (AvgIpc) is 2.91. The van der Waals surface area contributed by atoms with Gasteiger partial charge in [0.25, 0.3) is 0 Å². The summed E-state index contributed by atoms with van der Waals surface area (Å²) in [4.78, 5) is 19.1. The van der Waals surface area contributed by atoms with E-state index in [0.29, 0.717) is 0 Å². The summed E-state index contributed by atoms with van der Waals surface area (Å²) in [5, 5.41) is 7.57.